The molecular weight excluding hydrogens is 243 g/mol. The summed E-state index contributed by atoms with van der Waals surface area (Å²) in [6.45, 7) is 0. The number of nitrogens with zero attached hydrogens (tertiary/aromatic N) is 2. The van der Waals surface area contributed by atoms with Gasteiger partial charge in [0, 0.05) is 29.8 Å². The summed E-state index contributed by atoms with van der Waals surface area (Å²) < 4.78 is 13.2. The van der Waals surface area contributed by atoms with Gasteiger partial charge in [0.1, 0.15) is 5.82 Å². The van der Waals surface area contributed by atoms with Crippen molar-refractivity contribution in [2.24, 2.45) is 5.92 Å². The zero-order valence-corrected chi connectivity index (χ0v) is 11.2. The number of pyridine rings is 1. The number of carbonyl (C=O) groups is 1. The van der Waals surface area contributed by atoms with Gasteiger partial charge in [-0.05, 0) is 38.8 Å². The van der Waals surface area contributed by atoms with Crippen LogP contribution in [0.4, 0.5) is 4.39 Å². The number of aromatic nitrogens is 1. The SMILES string of the molecule is CN1C2CCCC1CC(C(=O)c1cncc(F)c1)C2. The predicted molar refractivity (Wildman–Crippen MR) is 70.4 cm³/mol. The van der Waals surface area contributed by atoms with Gasteiger partial charge in [-0.2, -0.15) is 0 Å². The standard InChI is InChI=1S/C15H19FN2O/c1-18-13-3-2-4-14(18)7-10(6-13)15(19)11-5-12(16)9-17-8-11/h5,8-10,13-14H,2-4,6-7H2,1H3. The normalized spacial score (nSPS) is 31.2. The van der Waals surface area contributed by atoms with E-state index in [9.17, 15) is 9.18 Å². The molecule has 0 aliphatic carbocycles. The molecule has 3 nitrogen and oxygen atoms in total. The Labute approximate surface area is 112 Å². The molecule has 2 unspecified atom stereocenters. The second-order valence-corrected chi connectivity index (χ2v) is 5.83. The molecule has 3 heterocycles. The second kappa shape index (κ2) is 5.00. The van der Waals surface area contributed by atoms with Crippen molar-refractivity contribution < 1.29 is 9.18 Å². The minimum Gasteiger partial charge on any atom is -0.300 e. The molecule has 2 bridgehead atoms. The highest BCUT2D eigenvalue weighted by molar-refractivity contribution is 5.97. The molecule has 102 valence electrons. The molecule has 2 aliphatic heterocycles. The van der Waals surface area contributed by atoms with Crippen LogP contribution in [0.5, 0.6) is 0 Å². The minimum absolute atomic E-state index is 0.0371. The molecule has 2 fully saturated rings. The Morgan fingerprint density at radius 1 is 1.32 bits per heavy atom. The van der Waals surface area contributed by atoms with Crippen LogP contribution in [0, 0.1) is 11.7 Å². The lowest BCUT2D eigenvalue weighted by Crippen LogP contribution is -2.51. The maximum Gasteiger partial charge on any atom is 0.167 e. The van der Waals surface area contributed by atoms with Gasteiger partial charge in [0.15, 0.2) is 5.78 Å². The fourth-order valence-electron chi connectivity index (χ4n) is 3.61. The van der Waals surface area contributed by atoms with Crippen LogP contribution < -0.4 is 0 Å². The molecule has 0 aromatic carbocycles. The van der Waals surface area contributed by atoms with Crippen LogP contribution in [0.15, 0.2) is 18.5 Å². The summed E-state index contributed by atoms with van der Waals surface area (Å²) in [6, 6.07) is 2.34. The van der Waals surface area contributed by atoms with Gasteiger partial charge in [0.2, 0.25) is 0 Å². The van der Waals surface area contributed by atoms with E-state index in [0.717, 1.165) is 19.0 Å². The van der Waals surface area contributed by atoms with Crippen molar-refractivity contribution >= 4 is 5.78 Å². The first-order chi connectivity index (χ1) is 9.15. The van der Waals surface area contributed by atoms with E-state index in [1.54, 1.807) is 0 Å². The van der Waals surface area contributed by atoms with E-state index in [1.165, 1.54) is 31.5 Å². The smallest absolute Gasteiger partial charge is 0.167 e. The molecule has 0 radical (unpaired) electrons. The maximum absolute atomic E-state index is 13.2. The minimum atomic E-state index is -0.432. The first kappa shape index (κ1) is 12.7. The topological polar surface area (TPSA) is 33.2 Å². The van der Waals surface area contributed by atoms with Gasteiger partial charge in [-0.15, -0.1) is 0 Å². The molecule has 2 aliphatic rings. The number of fused-ring (bicyclic) bond motifs is 2. The molecule has 0 spiro atoms. The van der Waals surface area contributed by atoms with Crippen molar-refractivity contribution in [3.8, 4) is 0 Å². The van der Waals surface area contributed by atoms with Crippen molar-refractivity contribution in [3.05, 3.63) is 29.8 Å². The molecule has 0 amide bonds. The van der Waals surface area contributed by atoms with Gasteiger partial charge in [0.25, 0.3) is 0 Å². The van der Waals surface area contributed by atoms with Crippen molar-refractivity contribution in [1.29, 1.82) is 0 Å². The Morgan fingerprint density at radius 2 is 2.00 bits per heavy atom. The van der Waals surface area contributed by atoms with E-state index < -0.39 is 5.82 Å². The third kappa shape index (κ3) is 2.41. The highest BCUT2D eigenvalue weighted by atomic mass is 19.1. The highest BCUT2D eigenvalue weighted by Crippen LogP contribution is 2.37. The second-order valence-electron chi connectivity index (χ2n) is 5.83. The average Bonchev–Trinajstić information content (AvgIpc) is 2.37. The summed E-state index contributed by atoms with van der Waals surface area (Å²) in [5, 5.41) is 0. The number of hydrogen-bond donors (Lipinski definition) is 0. The molecule has 2 atom stereocenters. The Morgan fingerprint density at radius 3 is 2.63 bits per heavy atom. The quantitative estimate of drug-likeness (QED) is 0.768. The highest BCUT2D eigenvalue weighted by Gasteiger charge is 2.38. The van der Waals surface area contributed by atoms with Gasteiger partial charge in [0.05, 0.1) is 6.20 Å². The Kier molecular flexibility index (Phi) is 3.35. The molecule has 19 heavy (non-hydrogen) atoms. The van der Waals surface area contributed by atoms with E-state index in [-0.39, 0.29) is 11.7 Å². The van der Waals surface area contributed by atoms with Crippen LogP contribution in [0.25, 0.3) is 0 Å². The van der Waals surface area contributed by atoms with E-state index in [2.05, 4.69) is 16.9 Å². The summed E-state index contributed by atoms with van der Waals surface area (Å²) in [5.41, 5.74) is 0.424. The van der Waals surface area contributed by atoms with Crippen LogP contribution in [0.2, 0.25) is 0 Å². The zero-order chi connectivity index (χ0) is 13.4. The third-order valence-corrected chi connectivity index (χ3v) is 4.70. The Hall–Kier alpha value is -1.29. The summed E-state index contributed by atoms with van der Waals surface area (Å²) in [4.78, 5) is 18.7. The van der Waals surface area contributed by atoms with Crippen LogP contribution in [-0.2, 0) is 0 Å². The lowest BCUT2D eigenvalue weighted by molar-refractivity contribution is 0.0338. The molecule has 2 saturated heterocycles. The summed E-state index contributed by atoms with van der Waals surface area (Å²) in [5.74, 6) is -0.328. The Balaban J connectivity index is 1.78. The first-order valence-electron chi connectivity index (χ1n) is 7.02. The van der Waals surface area contributed by atoms with E-state index in [0.29, 0.717) is 17.6 Å². The number of rotatable bonds is 2. The molecule has 1 aromatic rings. The van der Waals surface area contributed by atoms with E-state index in [4.69, 9.17) is 0 Å². The van der Waals surface area contributed by atoms with Crippen LogP contribution in [0.3, 0.4) is 0 Å². The lowest BCUT2D eigenvalue weighted by atomic mass is 9.76. The molecule has 4 heteroatoms. The van der Waals surface area contributed by atoms with Gasteiger partial charge in [-0.3, -0.25) is 9.78 Å². The number of piperidine rings is 2. The number of ketones is 1. The number of carbonyl (C=O) groups excluding carboxylic acids is 1. The number of halogens is 1. The third-order valence-electron chi connectivity index (χ3n) is 4.70. The van der Waals surface area contributed by atoms with E-state index in [1.807, 2.05) is 0 Å². The molecular formula is C15H19FN2O. The Bertz CT molecular complexity index is 477. The van der Waals surface area contributed by atoms with Gasteiger partial charge < -0.3 is 4.90 Å². The van der Waals surface area contributed by atoms with Gasteiger partial charge in [-0.25, -0.2) is 4.39 Å². The van der Waals surface area contributed by atoms with Crippen molar-refractivity contribution in [3.63, 3.8) is 0 Å². The first-order valence-corrected chi connectivity index (χ1v) is 7.02. The fourth-order valence-corrected chi connectivity index (χ4v) is 3.61. The molecule has 0 N–H and O–H groups in total. The van der Waals surface area contributed by atoms with Crippen molar-refractivity contribution in [2.75, 3.05) is 7.05 Å². The number of Topliss-reactive ketones (excluding diaryl/α,β-unsaturated/α-hetero) is 1. The maximum atomic E-state index is 13.2. The van der Waals surface area contributed by atoms with Crippen LogP contribution >= 0.6 is 0 Å². The molecule has 0 saturated carbocycles. The summed E-state index contributed by atoms with van der Waals surface area (Å²) in [6.07, 6.45) is 8.06. The average molecular weight is 262 g/mol. The van der Waals surface area contributed by atoms with Crippen LogP contribution in [0.1, 0.15) is 42.5 Å². The molecule has 3 rings (SSSR count). The predicted octanol–water partition coefficient (Wildman–Crippen LogP) is 2.67. The van der Waals surface area contributed by atoms with Crippen LogP contribution in [-0.4, -0.2) is 34.8 Å². The van der Waals surface area contributed by atoms with Crippen molar-refractivity contribution in [2.45, 2.75) is 44.2 Å². The molecule has 1 aromatic heterocycles. The summed E-state index contributed by atoms with van der Waals surface area (Å²) in [7, 11) is 2.17. The largest absolute Gasteiger partial charge is 0.300 e. The summed E-state index contributed by atoms with van der Waals surface area (Å²) >= 11 is 0. The number of hydrogen-bond acceptors (Lipinski definition) is 3. The monoisotopic (exact) mass is 262 g/mol. The van der Waals surface area contributed by atoms with E-state index >= 15 is 0 Å². The lowest BCUT2D eigenvalue weighted by Gasteiger charge is -2.46. The van der Waals surface area contributed by atoms with Gasteiger partial charge in [-0.1, -0.05) is 6.42 Å². The zero-order valence-electron chi connectivity index (χ0n) is 11.2. The van der Waals surface area contributed by atoms with Crippen molar-refractivity contribution in [1.82, 2.24) is 9.88 Å². The van der Waals surface area contributed by atoms with Gasteiger partial charge >= 0.3 is 0 Å². The fraction of sp³-hybridized carbons (Fsp3) is 0.600.